The smallest absolute Gasteiger partial charge is 0.244 e. The van der Waals surface area contributed by atoms with E-state index in [1.807, 2.05) is 83.1 Å². The number of hydrogen-bond acceptors (Lipinski definition) is 3. The topological polar surface area (TPSA) is 66.5 Å². The van der Waals surface area contributed by atoms with Crippen LogP contribution in [0.3, 0.4) is 0 Å². The first kappa shape index (κ1) is 24.6. The molecule has 1 N–H and O–H groups in total. The number of rotatable bonds is 4. The Morgan fingerprint density at radius 2 is 1.53 bits per heavy atom. The standard InChI is InChI=1S/C27H29BrN2O3S/c1-16-12-17(2)20(5)26(19(16)4)34(32,33)30-15-22-9-7-6-8-21(22)14-25(30)27(31)29-23-10-11-24(28)18(3)13-23/h6-13,25H,14-15H2,1-5H3,(H,29,31)/t25-/m1/s1. The molecule has 178 valence electrons. The summed E-state index contributed by atoms with van der Waals surface area (Å²) >= 11 is 3.48. The molecular weight excluding hydrogens is 512 g/mol. The second-order valence-electron chi connectivity index (χ2n) is 9.08. The Bertz CT molecular complexity index is 1370. The van der Waals surface area contributed by atoms with Crippen molar-refractivity contribution in [1.82, 2.24) is 4.31 Å². The van der Waals surface area contributed by atoms with Crippen LogP contribution in [0.2, 0.25) is 0 Å². The summed E-state index contributed by atoms with van der Waals surface area (Å²) in [7, 11) is -3.95. The Hall–Kier alpha value is -2.48. The molecule has 1 aliphatic rings. The molecule has 1 atom stereocenters. The zero-order valence-corrected chi connectivity index (χ0v) is 22.5. The molecule has 0 aliphatic carbocycles. The number of anilines is 1. The van der Waals surface area contributed by atoms with Crippen LogP contribution in [0.25, 0.3) is 0 Å². The minimum Gasteiger partial charge on any atom is -0.325 e. The van der Waals surface area contributed by atoms with Crippen molar-refractivity contribution in [3.05, 3.63) is 91.9 Å². The van der Waals surface area contributed by atoms with Crippen LogP contribution in [0.1, 0.15) is 38.9 Å². The van der Waals surface area contributed by atoms with Gasteiger partial charge in [0.25, 0.3) is 0 Å². The van der Waals surface area contributed by atoms with Crippen molar-refractivity contribution >= 4 is 37.5 Å². The van der Waals surface area contributed by atoms with Crippen molar-refractivity contribution in [3.8, 4) is 0 Å². The molecule has 0 saturated heterocycles. The third kappa shape index (κ3) is 4.44. The van der Waals surface area contributed by atoms with Crippen LogP contribution >= 0.6 is 15.9 Å². The Balaban J connectivity index is 1.80. The van der Waals surface area contributed by atoms with Gasteiger partial charge in [0, 0.05) is 16.7 Å². The summed E-state index contributed by atoms with van der Waals surface area (Å²) in [6.07, 6.45) is 0.319. The molecule has 5 nitrogen and oxygen atoms in total. The molecule has 4 rings (SSSR count). The van der Waals surface area contributed by atoms with Crippen LogP contribution in [-0.4, -0.2) is 24.7 Å². The van der Waals surface area contributed by atoms with Gasteiger partial charge in [0.05, 0.1) is 4.90 Å². The fraction of sp³-hybridized carbons (Fsp3) is 0.296. The van der Waals surface area contributed by atoms with Crippen molar-refractivity contribution < 1.29 is 13.2 Å². The van der Waals surface area contributed by atoms with Gasteiger partial charge in [-0.2, -0.15) is 4.31 Å². The third-order valence-electron chi connectivity index (χ3n) is 6.80. The van der Waals surface area contributed by atoms with Gasteiger partial charge in [-0.05, 0) is 98.2 Å². The first-order valence-corrected chi connectivity index (χ1v) is 13.5. The summed E-state index contributed by atoms with van der Waals surface area (Å²) in [5, 5.41) is 2.95. The number of carbonyl (C=O) groups is 1. The predicted octanol–water partition coefficient (Wildman–Crippen LogP) is 5.75. The molecule has 7 heteroatoms. The Morgan fingerprint density at radius 1 is 0.912 bits per heavy atom. The van der Waals surface area contributed by atoms with Crippen molar-refractivity contribution in [3.63, 3.8) is 0 Å². The zero-order chi connectivity index (χ0) is 24.8. The third-order valence-corrected chi connectivity index (χ3v) is 9.82. The molecule has 0 bridgehead atoms. The highest BCUT2D eigenvalue weighted by atomic mass is 79.9. The fourth-order valence-electron chi connectivity index (χ4n) is 4.61. The molecule has 1 heterocycles. The Kier molecular flexibility index (Phi) is 6.73. The summed E-state index contributed by atoms with van der Waals surface area (Å²) in [6, 6.07) is 14.4. The van der Waals surface area contributed by atoms with Crippen molar-refractivity contribution in [2.75, 3.05) is 5.32 Å². The van der Waals surface area contributed by atoms with Gasteiger partial charge in [-0.3, -0.25) is 4.79 Å². The van der Waals surface area contributed by atoms with Gasteiger partial charge in [-0.15, -0.1) is 0 Å². The fourth-order valence-corrected chi connectivity index (χ4v) is 7.00. The lowest BCUT2D eigenvalue weighted by Gasteiger charge is -2.36. The molecule has 0 saturated carbocycles. The second kappa shape index (κ2) is 9.29. The number of hydrogen-bond donors (Lipinski definition) is 1. The highest BCUT2D eigenvalue weighted by Crippen LogP contribution is 2.34. The molecule has 34 heavy (non-hydrogen) atoms. The largest absolute Gasteiger partial charge is 0.325 e. The Morgan fingerprint density at radius 3 is 2.15 bits per heavy atom. The Labute approximate surface area is 210 Å². The van der Waals surface area contributed by atoms with Crippen LogP contribution in [0.4, 0.5) is 5.69 Å². The number of sulfonamides is 1. The maximum atomic E-state index is 14.1. The van der Waals surface area contributed by atoms with Crippen LogP contribution in [0.15, 0.2) is 57.9 Å². The number of halogens is 1. The van der Waals surface area contributed by atoms with Crippen molar-refractivity contribution in [2.24, 2.45) is 0 Å². The van der Waals surface area contributed by atoms with Gasteiger partial charge in [-0.25, -0.2) is 8.42 Å². The molecule has 0 aromatic heterocycles. The van der Waals surface area contributed by atoms with E-state index in [1.165, 1.54) is 4.31 Å². The van der Waals surface area contributed by atoms with E-state index in [1.54, 1.807) is 0 Å². The SMILES string of the molecule is Cc1cc(NC(=O)[C@H]2Cc3ccccc3CN2S(=O)(=O)c2c(C)c(C)cc(C)c2C)ccc1Br. The van der Waals surface area contributed by atoms with E-state index in [9.17, 15) is 13.2 Å². The molecule has 3 aromatic rings. The average Bonchev–Trinajstić information content (AvgIpc) is 2.79. The lowest BCUT2D eigenvalue weighted by atomic mass is 9.95. The van der Waals surface area contributed by atoms with Crippen LogP contribution in [-0.2, 0) is 27.8 Å². The van der Waals surface area contributed by atoms with Gasteiger partial charge in [0.1, 0.15) is 6.04 Å². The highest BCUT2D eigenvalue weighted by molar-refractivity contribution is 9.10. The van der Waals surface area contributed by atoms with Gasteiger partial charge >= 0.3 is 0 Å². The molecule has 1 aliphatic heterocycles. The average molecular weight is 542 g/mol. The van der Waals surface area contributed by atoms with Crippen molar-refractivity contribution in [1.29, 1.82) is 0 Å². The molecule has 3 aromatic carbocycles. The molecule has 1 amide bonds. The zero-order valence-electron chi connectivity index (χ0n) is 20.1. The van der Waals surface area contributed by atoms with Gasteiger partial charge in [-0.1, -0.05) is 46.3 Å². The minimum atomic E-state index is -3.95. The molecule has 0 fully saturated rings. The van der Waals surface area contributed by atoms with E-state index in [0.29, 0.717) is 17.0 Å². The predicted molar refractivity (Wildman–Crippen MR) is 140 cm³/mol. The number of nitrogens with zero attached hydrogens (tertiary/aromatic N) is 1. The monoisotopic (exact) mass is 540 g/mol. The van der Waals surface area contributed by atoms with E-state index in [0.717, 1.165) is 43.4 Å². The summed E-state index contributed by atoms with van der Waals surface area (Å²) < 4.78 is 30.6. The molecule has 0 radical (unpaired) electrons. The number of nitrogens with one attached hydrogen (secondary N) is 1. The molecular formula is C27H29BrN2O3S. The van der Waals surface area contributed by atoms with E-state index in [4.69, 9.17) is 0 Å². The van der Waals surface area contributed by atoms with E-state index in [2.05, 4.69) is 21.2 Å². The maximum Gasteiger partial charge on any atom is 0.244 e. The van der Waals surface area contributed by atoms with Crippen LogP contribution in [0.5, 0.6) is 0 Å². The summed E-state index contributed by atoms with van der Waals surface area (Å²) in [4.78, 5) is 13.8. The number of aryl methyl sites for hydroxylation is 3. The summed E-state index contributed by atoms with van der Waals surface area (Å²) in [6.45, 7) is 9.62. The van der Waals surface area contributed by atoms with E-state index < -0.39 is 16.1 Å². The number of fused-ring (bicyclic) bond motifs is 1. The summed E-state index contributed by atoms with van der Waals surface area (Å²) in [5.74, 6) is -0.334. The number of benzene rings is 3. The van der Waals surface area contributed by atoms with Gasteiger partial charge in [0.2, 0.25) is 15.9 Å². The minimum absolute atomic E-state index is 0.155. The van der Waals surface area contributed by atoms with Crippen molar-refractivity contribution in [2.45, 2.75) is 58.5 Å². The maximum absolute atomic E-state index is 14.1. The van der Waals surface area contributed by atoms with E-state index >= 15 is 0 Å². The lowest BCUT2D eigenvalue weighted by molar-refractivity contribution is -0.120. The molecule has 0 unspecified atom stereocenters. The van der Waals surface area contributed by atoms with Gasteiger partial charge in [0.15, 0.2) is 0 Å². The molecule has 0 spiro atoms. The quantitative estimate of drug-likeness (QED) is 0.458. The number of amides is 1. The first-order valence-electron chi connectivity index (χ1n) is 11.2. The number of carbonyl (C=O) groups excluding carboxylic acids is 1. The van der Waals surface area contributed by atoms with Gasteiger partial charge < -0.3 is 5.32 Å². The second-order valence-corrected chi connectivity index (χ2v) is 11.8. The van der Waals surface area contributed by atoms with Crippen LogP contribution < -0.4 is 5.32 Å². The van der Waals surface area contributed by atoms with Crippen LogP contribution in [0, 0.1) is 34.6 Å². The first-order chi connectivity index (χ1) is 16.0. The summed E-state index contributed by atoms with van der Waals surface area (Å²) in [5.41, 5.74) is 6.84. The lowest BCUT2D eigenvalue weighted by Crippen LogP contribution is -2.50. The highest BCUT2D eigenvalue weighted by Gasteiger charge is 2.41. The normalized spacial score (nSPS) is 16.2. The van der Waals surface area contributed by atoms with E-state index in [-0.39, 0.29) is 12.5 Å².